The van der Waals surface area contributed by atoms with Crippen molar-refractivity contribution in [3.63, 3.8) is 0 Å². The Labute approximate surface area is 162 Å². The first kappa shape index (κ1) is 18.7. The molecule has 27 heavy (non-hydrogen) atoms. The van der Waals surface area contributed by atoms with Gasteiger partial charge in [-0.15, -0.1) is 0 Å². The number of allylic oxidation sites excluding steroid dienone is 1. The average molecular weight is 385 g/mol. The number of amides is 1. The first-order valence-corrected chi connectivity index (χ1v) is 8.72. The van der Waals surface area contributed by atoms with E-state index in [1.165, 1.54) is 0 Å². The van der Waals surface area contributed by atoms with Crippen LogP contribution in [-0.4, -0.2) is 25.2 Å². The fraction of sp³-hybridized carbons (Fsp3) is 0.211. The van der Waals surface area contributed by atoms with E-state index in [9.17, 15) is 4.79 Å². The number of aromatic amines is 1. The van der Waals surface area contributed by atoms with E-state index in [1.54, 1.807) is 38.6 Å². The van der Waals surface area contributed by atoms with Crippen molar-refractivity contribution in [2.24, 2.45) is 0 Å². The summed E-state index contributed by atoms with van der Waals surface area (Å²) in [5, 5.41) is 9.49. The number of pyridine rings is 1. The summed E-state index contributed by atoms with van der Waals surface area (Å²) in [5.41, 5.74) is 1.93. The monoisotopic (exact) mass is 385 g/mol. The number of carbonyl (C=O) groups is 1. The first-order chi connectivity index (χ1) is 13.0. The second-order valence-corrected chi connectivity index (χ2v) is 6.32. The van der Waals surface area contributed by atoms with Gasteiger partial charge in [0.2, 0.25) is 0 Å². The molecule has 0 fully saturated rings. The van der Waals surface area contributed by atoms with E-state index < -0.39 is 6.04 Å². The Balaban J connectivity index is 2.03. The maximum absolute atomic E-state index is 13.0. The highest BCUT2D eigenvalue weighted by Crippen LogP contribution is 2.35. The number of H-pyrrole nitrogens is 1. The van der Waals surface area contributed by atoms with Crippen molar-refractivity contribution in [1.29, 1.82) is 0 Å². The van der Waals surface area contributed by atoms with Gasteiger partial charge >= 0.3 is 5.91 Å². The number of methoxy groups -OCH3 is 2. The minimum Gasteiger partial charge on any atom is -0.497 e. The van der Waals surface area contributed by atoms with Crippen LogP contribution in [0.2, 0.25) is 0 Å². The molecule has 0 bridgehead atoms. The Bertz CT molecular complexity index is 899. The van der Waals surface area contributed by atoms with Crippen LogP contribution in [0.4, 0.5) is 5.82 Å². The molecule has 0 saturated carbocycles. The number of hydrogen-bond acceptors (Lipinski definition) is 4. The highest BCUT2D eigenvalue weighted by Gasteiger charge is 2.34. The Morgan fingerprint density at radius 1 is 1.22 bits per heavy atom. The number of benzene rings is 1. The lowest BCUT2D eigenvalue weighted by molar-refractivity contribution is -0.360. The second-order valence-electron chi connectivity index (χ2n) is 5.91. The van der Waals surface area contributed by atoms with Gasteiger partial charge in [0.25, 0.3) is 5.82 Å². The maximum Gasteiger partial charge on any atom is 0.339 e. The zero-order chi connectivity index (χ0) is 19.4. The highest BCUT2D eigenvalue weighted by molar-refractivity contribution is 7.80. The van der Waals surface area contributed by atoms with E-state index >= 15 is 0 Å². The Kier molecular flexibility index (Phi) is 5.56. The van der Waals surface area contributed by atoms with Gasteiger partial charge in [0.15, 0.2) is 5.11 Å². The largest absolute Gasteiger partial charge is 0.497 e. The predicted molar refractivity (Wildman–Crippen MR) is 105 cm³/mol. The Morgan fingerprint density at radius 2 is 2.04 bits per heavy atom. The molecule has 7 nitrogen and oxygen atoms in total. The smallest absolute Gasteiger partial charge is 0.339 e. The molecule has 1 aliphatic rings. The van der Waals surface area contributed by atoms with Crippen molar-refractivity contribution < 1.29 is 19.3 Å². The lowest BCUT2D eigenvalue weighted by atomic mass is 9.94. The molecule has 2 heterocycles. The highest BCUT2D eigenvalue weighted by atomic mass is 32.1. The first-order valence-electron chi connectivity index (χ1n) is 8.31. The van der Waals surface area contributed by atoms with Gasteiger partial charge in [0, 0.05) is 17.3 Å². The van der Waals surface area contributed by atoms with Crippen LogP contribution in [0.5, 0.6) is 11.5 Å². The zero-order valence-corrected chi connectivity index (χ0v) is 16.1. The molecule has 1 unspecified atom stereocenters. The number of thiocarbonyl (C=S) groups is 1. The topological polar surface area (TPSA) is 85.8 Å². The SMILES string of the molecule is COc1ccc(OC)c(C2NC(=S)NC(C)=C2C(=O)Nc2cccc[nH+]2)c1. The van der Waals surface area contributed by atoms with Gasteiger partial charge in [-0.1, -0.05) is 6.07 Å². The molecule has 3 rings (SSSR count). The van der Waals surface area contributed by atoms with E-state index in [0.717, 1.165) is 5.56 Å². The van der Waals surface area contributed by atoms with Crippen LogP contribution in [0.3, 0.4) is 0 Å². The third-order valence-corrected chi connectivity index (χ3v) is 4.44. The van der Waals surface area contributed by atoms with E-state index in [1.807, 2.05) is 25.1 Å². The Morgan fingerprint density at radius 3 is 2.70 bits per heavy atom. The van der Waals surface area contributed by atoms with Gasteiger partial charge in [-0.25, -0.2) is 15.1 Å². The molecule has 0 aliphatic carbocycles. The van der Waals surface area contributed by atoms with E-state index in [-0.39, 0.29) is 5.91 Å². The number of anilines is 1. The van der Waals surface area contributed by atoms with Crippen molar-refractivity contribution in [3.05, 3.63) is 59.4 Å². The van der Waals surface area contributed by atoms with Crippen LogP contribution in [0.1, 0.15) is 18.5 Å². The van der Waals surface area contributed by atoms with Gasteiger partial charge in [0.05, 0.1) is 32.0 Å². The number of nitrogens with one attached hydrogen (secondary N) is 4. The molecule has 1 atom stereocenters. The summed E-state index contributed by atoms with van der Waals surface area (Å²) in [6.45, 7) is 1.82. The molecule has 1 amide bonds. The molecule has 4 N–H and O–H groups in total. The van der Waals surface area contributed by atoms with Crippen molar-refractivity contribution in [1.82, 2.24) is 10.6 Å². The van der Waals surface area contributed by atoms with Gasteiger partial charge in [-0.2, -0.15) is 0 Å². The lowest BCUT2D eigenvalue weighted by Crippen LogP contribution is -2.46. The van der Waals surface area contributed by atoms with Crippen LogP contribution in [-0.2, 0) is 4.79 Å². The molecule has 0 radical (unpaired) electrons. The van der Waals surface area contributed by atoms with Gasteiger partial charge in [-0.05, 0) is 43.4 Å². The molecule has 2 aromatic rings. The van der Waals surface area contributed by atoms with E-state index in [4.69, 9.17) is 21.7 Å². The van der Waals surface area contributed by atoms with Crippen molar-refractivity contribution in [2.45, 2.75) is 13.0 Å². The molecule has 0 saturated heterocycles. The third-order valence-electron chi connectivity index (χ3n) is 4.22. The molecule has 1 aliphatic heterocycles. The van der Waals surface area contributed by atoms with Crippen LogP contribution >= 0.6 is 12.2 Å². The van der Waals surface area contributed by atoms with Crippen molar-refractivity contribution in [3.8, 4) is 11.5 Å². The molecular formula is C19H21N4O3S+. The molecule has 8 heteroatoms. The molecular weight excluding hydrogens is 364 g/mol. The van der Waals surface area contributed by atoms with Crippen molar-refractivity contribution in [2.75, 3.05) is 19.5 Å². The normalized spacial score (nSPS) is 16.3. The molecule has 0 spiro atoms. The third kappa shape index (κ3) is 4.01. The van der Waals surface area contributed by atoms with E-state index in [0.29, 0.717) is 33.7 Å². The van der Waals surface area contributed by atoms with Gasteiger partial charge in [-0.3, -0.25) is 0 Å². The zero-order valence-electron chi connectivity index (χ0n) is 15.3. The van der Waals surface area contributed by atoms with Gasteiger partial charge in [0.1, 0.15) is 11.5 Å². The number of carbonyl (C=O) groups excluding carboxylic acids is 1. The molecule has 1 aromatic carbocycles. The summed E-state index contributed by atoms with van der Waals surface area (Å²) in [7, 11) is 3.17. The number of rotatable bonds is 5. The number of hydrogen-bond donors (Lipinski definition) is 3. The summed E-state index contributed by atoms with van der Waals surface area (Å²) in [5.74, 6) is 1.62. The summed E-state index contributed by atoms with van der Waals surface area (Å²) in [6, 6.07) is 10.4. The summed E-state index contributed by atoms with van der Waals surface area (Å²) in [4.78, 5) is 16.0. The van der Waals surface area contributed by atoms with Gasteiger partial charge < -0.3 is 20.1 Å². The summed E-state index contributed by atoms with van der Waals surface area (Å²) < 4.78 is 10.8. The second kappa shape index (κ2) is 8.05. The van der Waals surface area contributed by atoms with Crippen LogP contribution in [0.25, 0.3) is 0 Å². The number of aromatic nitrogens is 1. The minimum atomic E-state index is -0.493. The minimum absolute atomic E-state index is 0.257. The fourth-order valence-corrected chi connectivity index (χ4v) is 3.22. The maximum atomic E-state index is 13.0. The lowest BCUT2D eigenvalue weighted by Gasteiger charge is -2.30. The summed E-state index contributed by atoms with van der Waals surface area (Å²) >= 11 is 5.30. The number of ether oxygens (including phenoxy) is 2. The fourth-order valence-electron chi connectivity index (χ4n) is 2.95. The predicted octanol–water partition coefficient (Wildman–Crippen LogP) is 1.95. The van der Waals surface area contributed by atoms with Crippen LogP contribution in [0.15, 0.2) is 53.9 Å². The van der Waals surface area contributed by atoms with Crippen molar-refractivity contribution >= 4 is 29.1 Å². The molecule has 140 valence electrons. The standard InChI is InChI=1S/C19H20N4O3S/c1-11-16(18(24)22-15-6-4-5-9-20-15)17(23-19(27)21-11)13-10-12(25-2)7-8-14(13)26-3/h4-10,17H,1-3H3,(H,20,22,24)(H2,21,23,27)/p+1. The van der Waals surface area contributed by atoms with Crippen LogP contribution in [0, 0.1) is 0 Å². The van der Waals surface area contributed by atoms with E-state index in [2.05, 4.69) is 20.9 Å². The average Bonchev–Trinajstić information content (AvgIpc) is 2.67. The summed E-state index contributed by atoms with van der Waals surface area (Å²) in [6.07, 6.45) is 1.74. The Hall–Kier alpha value is -3.13. The quantitative estimate of drug-likeness (QED) is 0.682. The van der Waals surface area contributed by atoms with Crippen LogP contribution < -0.4 is 30.4 Å². The molecule has 1 aromatic heterocycles.